The van der Waals surface area contributed by atoms with Crippen molar-refractivity contribution < 1.29 is 19.4 Å². The molecular weight excluding hydrogens is 256 g/mol. The molecule has 0 aliphatic carbocycles. The summed E-state index contributed by atoms with van der Waals surface area (Å²) < 4.78 is 5.13. The normalized spacial score (nSPS) is 20.1. The van der Waals surface area contributed by atoms with Gasteiger partial charge in [0, 0.05) is 26.1 Å². The molecule has 18 heavy (non-hydrogen) atoms. The molecule has 7 heteroatoms. The fourth-order valence-electron chi connectivity index (χ4n) is 1.82. The van der Waals surface area contributed by atoms with Gasteiger partial charge in [0.15, 0.2) is 0 Å². The predicted octanol–water partition coefficient (Wildman–Crippen LogP) is -0.183. The van der Waals surface area contributed by atoms with Crippen LogP contribution in [0.1, 0.15) is 19.3 Å². The van der Waals surface area contributed by atoms with Gasteiger partial charge in [-0.1, -0.05) is 0 Å². The van der Waals surface area contributed by atoms with Gasteiger partial charge in [0.1, 0.15) is 5.54 Å². The number of nitrogens with one attached hydrogen (secondary N) is 1. The molecule has 0 aromatic rings. The number of aliphatic carboxylic acids is 1. The number of amides is 1. The van der Waals surface area contributed by atoms with E-state index in [2.05, 4.69) is 5.32 Å². The van der Waals surface area contributed by atoms with Crippen LogP contribution in [0.4, 0.5) is 0 Å². The minimum absolute atomic E-state index is 0.281. The van der Waals surface area contributed by atoms with Crippen LogP contribution in [0.25, 0.3) is 0 Å². The van der Waals surface area contributed by atoms with Crippen molar-refractivity contribution >= 4 is 23.6 Å². The van der Waals surface area contributed by atoms with Crippen molar-refractivity contribution in [3.63, 3.8) is 0 Å². The summed E-state index contributed by atoms with van der Waals surface area (Å²) in [6.45, 7) is 0.680. The first kappa shape index (κ1) is 15.3. The van der Waals surface area contributed by atoms with Crippen LogP contribution in [0, 0.1) is 0 Å². The third-order valence-electron chi connectivity index (χ3n) is 3.09. The Balaban J connectivity index is 2.60. The molecule has 1 saturated heterocycles. The van der Waals surface area contributed by atoms with Crippen molar-refractivity contribution in [3.05, 3.63) is 0 Å². The third-order valence-corrected chi connectivity index (χ3v) is 3.73. The molecule has 0 saturated carbocycles. The minimum atomic E-state index is -1.22. The number of carbonyl (C=O) groups excluding carboxylic acids is 1. The molecule has 0 unspecified atom stereocenters. The molecule has 0 aromatic carbocycles. The molecule has 6 nitrogen and oxygen atoms in total. The van der Waals surface area contributed by atoms with Crippen molar-refractivity contribution in [2.24, 2.45) is 5.73 Å². The third kappa shape index (κ3) is 3.86. The van der Waals surface area contributed by atoms with Gasteiger partial charge in [0.2, 0.25) is 5.91 Å². The van der Waals surface area contributed by atoms with E-state index in [1.807, 2.05) is 6.26 Å². The van der Waals surface area contributed by atoms with Gasteiger partial charge >= 0.3 is 5.97 Å². The first-order valence-electron chi connectivity index (χ1n) is 5.89. The van der Waals surface area contributed by atoms with Gasteiger partial charge in [-0.15, -0.1) is 0 Å². The lowest BCUT2D eigenvalue weighted by Crippen LogP contribution is -2.60. The molecule has 1 aliphatic heterocycles. The Morgan fingerprint density at radius 2 is 2.11 bits per heavy atom. The Hall–Kier alpha value is -0.790. The molecule has 1 heterocycles. The predicted molar refractivity (Wildman–Crippen MR) is 69.5 cm³/mol. The fraction of sp³-hybridized carbons (Fsp3) is 0.818. The second-order valence-corrected chi connectivity index (χ2v) is 5.36. The first-order chi connectivity index (χ1) is 8.52. The van der Waals surface area contributed by atoms with E-state index in [0.717, 1.165) is 5.75 Å². The number of nitrogens with two attached hydrogens (primary N) is 1. The standard InChI is InChI=1S/C11H20N2O4S/c1-18-7-2-8(12)9(14)13-11(10(15)16)3-5-17-6-4-11/h8H,2-7,12H2,1H3,(H,13,14)(H,15,16)/t8-/m0/s1. The average molecular weight is 276 g/mol. The van der Waals surface area contributed by atoms with Crippen LogP contribution in [0.3, 0.4) is 0 Å². The molecule has 104 valence electrons. The Morgan fingerprint density at radius 3 is 2.61 bits per heavy atom. The molecule has 1 aliphatic rings. The average Bonchev–Trinajstić information content (AvgIpc) is 2.36. The largest absolute Gasteiger partial charge is 0.480 e. The molecular formula is C11H20N2O4S. The maximum Gasteiger partial charge on any atom is 0.329 e. The highest BCUT2D eigenvalue weighted by Crippen LogP contribution is 2.21. The highest BCUT2D eigenvalue weighted by atomic mass is 32.2. The summed E-state index contributed by atoms with van der Waals surface area (Å²) in [6, 6.07) is -0.656. The smallest absolute Gasteiger partial charge is 0.329 e. The number of carboxylic acid groups (broad SMARTS) is 1. The topological polar surface area (TPSA) is 102 Å². The lowest BCUT2D eigenvalue weighted by Gasteiger charge is -2.34. The minimum Gasteiger partial charge on any atom is -0.480 e. The van der Waals surface area contributed by atoms with Crippen LogP contribution < -0.4 is 11.1 Å². The van der Waals surface area contributed by atoms with Crippen LogP contribution in [0.5, 0.6) is 0 Å². The molecule has 4 N–H and O–H groups in total. The van der Waals surface area contributed by atoms with Gasteiger partial charge in [-0.2, -0.15) is 11.8 Å². The first-order valence-corrected chi connectivity index (χ1v) is 7.29. The zero-order chi connectivity index (χ0) is 13.6. The Bertz CT molecular complexity index is 305. The summed E-state index contributed by atoms with van der Waals surface area (Å²) in [7, 11) is 0. The molecule has 0 aromatic heterocycles. The van der Waals surface area contributed by atoms with Gasteiger partial charge in [-0.3, -0.25) is 4.79 Å². The number of hydrogen-bond acceptors (Lipinski definition) is 5. The summed E-state index contributed by atoms with van der Waals surface area (Å²) in [5.74, 6) is -0.637. The summed E-state index contributed by atoms with van der Waals surface area (Å²) in [5.41, 5.74) is 4.51. The van der Waals surface area contributed by atoms with Crippen LogP contribution in [0.15, 0.2) is 0 Å². The number of carbonyl (C=O) groups is 2. The number of ether oxygens (including phenoxy) is 1. The molecule has 1 atom stereocenters. The summed E-state index contributed by atoms with van der Waals surface area (Å²) >= 11 is 1.60. The van der Waals surface area contributed by atoms with E-state index >= 15 is 0 Å². The summed E-state index contributed by atoms with van der Waals surface area (Å²) in [5, 5.41) is 11.9. The number of carboxylic acids is 1. The molecule has 1 rings (SSSR count). The SMILES string of the molecule is CSCC[C@H](N)C(=O)NC1(C(=O)O)CCOCC1. The van der Waals surface area contributed by atoms with Gasteiger partial charge in [0.05, 0.1) is 6.04 Å². The Kier molecular flexibility index (Phi) is 5.90. The van der Waals surface area contributed by atoms with E-state index in [-0.39, 0.29) is 12.8 Å². The molecule has 1 amide bonds. The van der Waals surface area contributed by atoms with Crippen LogP contribution in [0.2, 0.25) is 0 Å². The van der Waals surface area contributed by atoms with Crippen molar-refractivity contribution in [2.45, 2.75) is 30.8 Å². The quantitative estimate of drug-likeness (QED) is 0.622. The second-order valence-electron chi connectivity index (χ2n) is 4.38. The molecule has 0 bridgehead atoms. The highest BCUT2D eigenvalue weighted by molar-refractivity contribution is 7.98. The van der Waals surface area contributed by atoms with E-state index in [4.69, 9.17) is 10.5 Å². The zero-order valence-electron chi connectivity index (χ0n) is 10.5. The molecule has 0 radical (unpaired) electrons. The Labute approximate surface area is 111 Å². The van der Waals surface area contributed by atoms with E-state index < -0.39 is 23.5 Å². The van der Waals surface area contributed by atoms with E-state index in [1.165, 1.54) is 0 Å². The molecule has 0 spiro atoms. The van der Waals surface area contributed by atoms with E-state index in [1.54, 1.807) is 11.8 Å². The van der Waals surface area contributed by atoms with Gasteiger partial charge < -0.3 is 20.9 Å². The zero-order valence-corrected chi connectivity index (χ0v) is 11.3. The number of rotatable bonds is 6. The van der Waals surface area contributed by atoms with Crippen LogP contribution in [-0.4, -0.2) is 53.8 Å². The van der Waals surface area contributed by atoms with Gasteiger partial charge in [-0.25, -0.2) is 4.79 Å². The monoisotopic (exact) mass is 276 g/mol. The lowest BCUT2D eigenvalue weighted by molar-refractivity contribution is -0.152. The lowest BCUT2D eigenvalue weighted by atomic mass is 9.89. The summed E-state index contributed by atoms with van der Waals surface area (Å²) in [4.78, 5) is 23.2. The van der Waals surface area contributed by atoms with Crippen molar-refractivity contribution in [2.75, 3.05) is 25.2 Å². The maximum atomic E-state index is 11.9. The van der Waals surface area contributed by atoms with E-state index in [0.29, 0.717) is 19.6 Å². The van der Waals surface area contributed by atoms with Crippen molar-refractivity contribution in [3.8, 4) is 0 Å². The maximum absolute atomic E-state index is 11.9. The van der Waals surface area contributed by atoms with Crippen LogP contribution >= 0.6 is 11.8 Å². The van der Waals surface area contributed by atoms with Gasteiger partial charge in [-0.05, 0) is 18.4 Å². The number of thioether (sulfide) groups is 1. The van der Waals surface area contributed by atoms with Crippen LogP contribution in [-0.2, 0) is 14.3 Å². The van der Waals surface area contributed by atoms with Crippen molar-refractivity contribution in [1.29, 1.82) is 0 Å². The van der Waals surface area contributed by atoms with E-state index in [9.17, 15) is 14.7 Å². The number of hydrogen-bond donors (Lipinski definition) is 3. The second kappa shape index (κ2) is 6.96. The highest BCUT2D eigenvalue weighted by Gasteiger charge is 2.42. The molecule has 1 fully saturated rings. The van der Waals surface area contributed by atoms with Gasteiger partial charge in [0.25, 0.3) is 0 Å². The van der Waals surface area contributed by atoms with Crippen molar-refractivity contribution in [1.82, 2.24) is 5.32 Å². The summed E-state index contributed by atoms with van der Waals surface area (Å²) in [6.07, 6.45) is 3.04. The fourth-order valence-corrected chi connectivity index (χ4v) is 2.31. The Morgan fingerprint density at radius 1 is 1.50 bits per heavy atom.